The Morgan fingerprint density at radius 2 is 0.858 bits per heavy atom. The first kappa shape index (κ1) is 72.5. The van der Waals surface area contributed by atoms with Crippen LogP contribution in [-0.4, -0.2) is 77.0 Å². The van der Waals surface area contributed by atoms with Crippen LogP contribution < -0.4 is 49.8 Å². The van der Waals surface area contributed by atoms with E-state index in [2.05, 4.69) is 58.6 Å². The lowest BCUT2D eigenvalue weighted by atomic mass is 9.76. The van der Waals surface area contributed by atoms with Crippen molar-refractivity contribution >= 4 is 98.1 Å². The Bertz CT molecular complexity index is 5230. The molecule has 0 atom stereocenters. The zero-order valence-electron chi connectivity index (χ0n) is 58.8. The molecule has 10 aromatic rings. The highest BCUT2D eigenvalue weighted by Gasteiger charge is 2.55. The average Bonchev–Trinajstić information content (AvgIpc) is 1.60. The van der Waals surface area contributed by atoms with Crippen LogP contribution in [0.15, 0.2) is 168 Å². The summed E-state index contributed by atoms with van der Waals surface area (Å²) in [6.45, 7) is 14.9. The number of nitrogens with one attached hydrogen (secondary N) is 4. The quantitative estimate of drug-likeness (QED) is 0.0782. The molecule has 4 N–H and O–H groups in total. The number of amides is 3. The number of tetrazole rings is 1. The van der Waals surface area contributed by atoms with Gasteiger partial charge in [-0.05, 0) is 263 Å². The smallest absolute Gasteiger partial charge is 0.454 e. The molecule has 7 aliphatic rings. The number of rotatable bonds is 13. The van der Waals surface area contributed by atoms with Gasteiger partial charge < -0.3 is 53.7 Å². The third kappa shape index (κ3) is 14.7. The number of carbonyl (C=O) groups is 3. The zero-order valence-corrected chi connectivity index (χ0v) is 62.6. The second-order valence-electron chi connectivity index (χ2n) is 28.0. The summed E-state index contributed by atoms with van der Waals surface area (Å²) in [5.41, 5.74) is 12.1. The van der Waals surface area contributed by atoms with Gasteiger partial charge in [-0.25, -0.2) is 0 Å². The number of benzene rings is 9. The molecule has 5 heterocycles. The van der Waals surface area contributed by atoms with Gasteiger partial charge in [0.25, 0.3) is 0 Å². The monoisotopic (exact) mass is 1540 g/mol. The van der Waals surface area contributed by atoms with Crippen molar-refractivity contribution < 1.29 is 52.1 Å². The number of halogens is 4. The van der Waals surface area contributed by atoms with Gasteiger partial charge in [0.05, 0.1) is 53.6 Å². The van der Waals surface area contributed by atoms with E-state index in [-0.39, 0.29) is 38.1 Å². The van der Waals surface area contributed by atoms with E-state index in [0.717, 1.165) is 127 Å². The predicted molar refractivity (Wildman–Crippen MR) is 408 cm³/mol. The fraction of sp³-hybridized carbons (Fsp3) is 0.259. The summed E-state index contributed by atoms with van der Waals surface area (Å²) in [5, 5.41) is 42.3. The minimum atomic E-state index is -0.540. The number of hydrogen-bond donors (Lipinski definition) is 4. The van der Waals surface area contributed by atoms with E-state index >= 15 is 0 Å². The molecule has 25 heteroatoms. The number of fused-ring (bicyclic) bond motifs is 3. The van der Waals surface area contributed by atoms with Gasteiger partial charge >= 0.3 is 7.12 Å². The molecule has 20 nitrogen and oxygen atoms in total. The zero-order chi connectivity index (χ0) is 74.5. The van der Waals surface area contributed by atoms with Gasteiger partial charge in [-0.2, -0.15) is 15.7 Å². The molecule has 1 saturated heterocycles. The van der Waals surface area contributed by atoms with Gasteiger partial charge in [-0.1, -0.05) is 105 Å². The van der Waals surface area contributed by atoms with Gasteiger partial charge in [0.15, 0.2) is 34.5 Å². The van der Waals surface area contributed by atoms with Crippen LogP contribution in [-0.2, 0) is 39.9 Å². The van der Waals surface area contributed by atoms with E-state index in [4.69, 9.17) is 83.1 Å². The normalized spacial score (nSPS) is 16.6. The maximum Gasteiger partial charge on any atom is 0.495 e. The molecule has 0 radical (unpaired) electrons. The van der Waals surface area contributed by atoms with E-state index < -0.39 is 34.6 Å². The number of nitrogens with zero attached hydrogens (tertiary/aromatic N) is 5. The highest BCUT2D eigenvalue weighted by molar-refractivity contribution is 9.10. The van der Waals surface area contributed by atoms with Crippen molar-refractivity contribution in [1.82, 2.24) is 20.6 Å². The Labute approximate surface area is 636 Å². The van der Waals surface area contributed by atoms with Crippen LogP contribution in [0.1, 0.15) is 111 Å². The lowest BCUT2D eigenvalue weighted by Gasteiger charge is -2.32. The maximum absolute atomic E-state index is 13.3. The molecule has 1 aromatic heterocycles. The summed E-state index contributed by atoms with van der Waals surface area (Å²) in [4.78, 5) is 39.8. The number of aromatic amines is 1. The first-order valence-corrected chi connectivity index (χ1v) is 36.2. The standard InChI is InChI=1S/C25H20ClN5O3.C25H19ClN2O3.C24H28BNO5.C7H3BrClN/c1-14-2-5-17(12-19(14)15-3-6-18(20(26)10-15)23-28-30-31-29-23)27-24(32)25(8-9-25)16-4-7-21-22(11-16)34-13-33-21;1-15-2-6-19(12-20(15)16-3-4-17(13-27)21(26)10-16)28-24(29)25(8-9-25)18-5-7-22-23(11-18)31-14-30-22;1-15-6-8-17(13-18(15)25-30-22(2,3)23(4,5)31-25)26-21(27)24(10-11-24)16-7-9-19-20(12-16)29-14-28-19;8-6-2-1-5(4-10)7(9)3-6/h2-7,10-12H,8-9,13H2,1H3,(H,27,32)(H,28,29,30,31);2-7,10-12H,8-9,14H2,1H3,(H,28,29);6-9,12-13H,10-11,14H2,1-5H3,(H,26,27);1-3H. The van der Waals surface area contributed by atoms with Crippen LogP contribution in [0.3, 0.4) is 0 Å². The first-order chi connectivity index (χ1) is 50.9. The van der Waals surface area contributed by atoms with E-state index in [1.165, 1.54) is 0 Å². The highest BCUT2D eigenvalue weighted by Crippen LogP contribution is 2.54. The summed E-state index contributed by atoms with van der Waals surface area (Å²) in [6, 6.07) is 55.1. The van der Waals surface area contributed by atoms with E-state index in [0.29, 0.717) is 66.3 Å². The molecule has 3 aliphatic carbocycles. The number of ether oxygens (including phenoxy) is 6. The molecule has 0 unspecified atom stereocenters. The number of aryl methyl sites for hydroxylation is 3. The molecule has 0 spiro atoms. The van der Waals surface area contributed by atoms with Crippen LogP contribution >= 0.6 is 50.7 Å². The number of aromatic nitrogens is 4. The topological polar surface area (TPSA) is 263 Å². The summed E-state index contributed by atoms with van der Waals surface area (Å²) in [5.74, 6) is 4.62. The number of nitriles is 2. The number of carbonyl (C=O) groups excluding carboxylic acids is 3. The van der Waals surface area contributed by atoms with Gasteiger partial charge in [-0.15, -0.1) is 10.2 Å². The van der Waals surface area contributed by atoms with Crippen molar-refractivity contribution in [1.29, 1.82) is 10.5 Å². The fourth-order valence-corrected chi connectivity index (χ4v) is 14.3. The molecule has 9 aromatic carbocycles. The molecule has 536 valence electrons. The largest absolute Gasteiger partial charge is 0.495 e. The second-order valence-corrected chi connectivity index (χ2v) is 30.1. The van der Waals surface area contributed by atoms with E-state index in [9.17, 15) is 14.4 Å². The molecule has 4 fully saturated rings. The van der Waals surface area contributed by atoms with Gasteiger partial charge in [0, 0.05) is 27.1 Å². The number of hydrogen-bond acceptors (Lipinski definition) is 16. The Balaban J connectivity index is 0.000000125. The molecule has 3 amide bonds. The van der Waals surface area contributed by atoms with Crippen molar-refractivity contribution in [3.05, 3.63) is 228 Å². The minimum absolute atomic E-state index is 0.00455. The Morgan fingerprint density at radius 1 is 0.462 bits per heavy atom. The van der Waals surface area contributed by atoms with Crippen molar-refractivity contribution in [2.24, 2.45) is 0 Å². The summed E-state index contributed by atoms with van der Waals surface area (Å²) >= 11 is 21.6. The second kappa shape index (κ2) is 29.1. The third-order valence-corrected chi connectivity index (χ3v) is 22.1. The third-order valence-electron chi connectivity index (χ3n) is 20.7. The molecule has 17 rings (SSSR count). The number of H-pyrrole nitrogens is 1. The molecule has 106 heavy (non-hydrogen) atoms. The predicted octanol–water partition coefficient (Wildman–Crippen LogP) is 17.1. The van der Waals surface area contributed by atoms with Crippen molar-refractivity contribution in [2.45, 2.75) is 114 Å². The van der Waals surface area contributed by atoms with E-state index in [1.54, 1.807) is 30.3 Å². The number of anilines is 3. The molecule has 0 bridgehead atoms. The van der Waals surface area contributed by atoms with Crippen LogP contribution in [0.2, 0.25) is 15.1 Å². The van der Waals surface area contributed by atoms with Gasteiger partial charge in [0.2, 0.25) is 43.9 Å². The highest BCUT2D eigenvalue weighted by atomic mass is 79.9. The molecule has 3 saturated carbocycles. The summed E-state index contributed by atoms with van der Waals surface area (Å²) < 4.78 is 46.0. The van der Waals surface area contributed by atoms with Crippen LogP contribution in [0.25, 0.3) is 33.6 Å². The molecule has 4 aliphatic heterocycles. The van der Waals surface area contributed by atoms with Crippen molar-refractivity contribution in [3.63, 3.8) is 0 Å². The Hall–Kier alpha value is -10.4. The first-order valence-electron chi connectivity index (χ1n) is 34.3. The SMILES string of the molecule is Cc1ccc(NC(=O)C2(c3ccc4c(c3)OCO4)CC2)cc1-c1ccc(-c2nn[nH]n2)c(Cl)c1.Cc1ccc(NC(=O)C2(c3ccc4c(c3)OCO4)CC2)cc1-c1ccc(C#N)c(Cl)c1.Cc1ccc(NC(=O)C2(c3ccc4c(c3)OCO4)CC2)cc1B1OC(C)(C)C(C)(C)O1.N#Cc1ccc(Br)cc1Cl. The van der Waals surface area contributed by atoms with E-state index in [1.807, 2.05) is 188 Å². The van der Waals surface area contributed by atoms with Crippen LogP contribution in [0.5, 0.6) is 34.5 Å². The Morgan fingerprint density at radius 3 is 1.25 bits per heavy atom. The van der Waals surface area contributed by atoms with Crippen molar-refractivity contribution in [2.75, 3.05) is 36.3 Å². The minimum Gasteiger partial charge on any atom is -0.454 e. The maximum atomic E-state index is 13.3. The fourth-order valence-electron chi connectivity index (χ4n) is 13.1. The summed E-state index contributed by atoms with van der Waals surface area (Å²) in [6.07, 6.45) is 4.81. The van der Waals surface area contributed by atoms with Crippen molar-refractivity contribution in [3.8, 4) is 80.3 Å². The molecular weight excluding hydrogens is 1470 g/mol. The lowest BCUT2D eigenvalue weighted by Crippen LogP contribution is -2.41. The Kier molecular flexibility index (Phi) is 19.9. The van der Waals surface area contributed by atoms with Crippen LogP contribution in [0, 0.1) is 43.4 Å². The van der Waals surface area contributed by atoms with Gasteiger partial charge in [-0.3, -0.25) is 14.4 Å². The average molecular weight is 1540 g/mol. The molecular formula is C81H70BBrCl3N9O11. The van der Waals surface area contributed by atoms with Crippen LogP contribution in [0.4, 0.5) is 17.1 Å². The summed E-state index contributed by atoms with van der Waals surface area (Å²) in [7, 11) is -0.467. The van der Waals surface area contributed by atoms with Gasteiger partial charge in [0.1, 0.15) is 12.1 Å². The lowest BCUT2D eigenvalue weighted by molar-refractivity contribution is -0.119.